The maximum atomic E-state index is 11.3. The molecule has 8 heteroatoms. The summed E-state index contributed by atoms with van der Waals surface area (Å²) in [5.41, 5.74) is 1.06. The molecule has 2 heterocycles. The van der Waals surface area contributed by atoms with E-state index in [2.05, 4.69) is 32.7 Å². The van der Waals surface area contributed by atoms with Gasteiger partial charge >= 0.3 is 0 Å². The van der Waals surface area contributed by atoms with Gasteiger partial charge in [0.15, 0.2) is 17.8 Å². The average molecular weight is 538 g/mol. The van der Waals surface area contributed by atoms with E-state index < -0.39 is 30.5 Å². The Hall–Kier alpha value is -1.42. The third kappa shape index (κ3) is 8.05. The Morgan fingerprint density at radius 3 is 2.55 bits per heavy atom. The second-order valence-electron chi connectivity index (χ2n) is 11.8. The second-order valence-corrected chi connectivity index (χ2v) is 11.8. The number of aryl methyl sites for hydroxylation is 1. The van der Waals surface area contributed by atoms with Gasteiger partial charge in [-0.1, -0.05) is 53.0 Å². The predicted molar refractivity (Wildman–Crippen MR) is 147 cm³/mol. The summed E-state index contributed by atoms with van der Waals surface area (Å²) in [6.45, 7) is 8.23. The molecule has 2 aliphatic rings. The molecule has 1 aromatic rings. The van der Waals surface area contributed by atoms with Crippen molar-refractivity contribution in [3.63, 3.8) is 0 Å². The molecule has 0 amide bonds. The van der Waals surface area contributed by atoms with Gasteiger partial charge in [0.1, 0.15) is 18.4 Å². The van der Waals surface area contributed by atoms with E-state index in [0.717, 1.165) is 37.7 Å². The van der Waals surface area contributed by atoms with Crippen LogP contribution in [0.15, 0.2) is 18.2 Å². The van der Waals surface area contributed by atoms with Crippen LogP contribution < -0.4 is 4.74 Å². The van der Waals surface area contributed by atoms with E-state index in [1.165, 1.54) is 19.3 Å². The van der Waals surface area contributed by atoms with Crippen molar-refractivity contribution in [2.75, 3.05) is 20.3 Å². The number of rotatable bonds is 14. The molecule has 0 saturated carbocycles. The van der Waals surface area contributed by atoms with Gasteiger partial charge in [-0.15, -0.1) is 0 Å². The first-order valence-electron chi connectivity index (χ1n) is 14.6. The van der Waals surface area contributed by atoms with Crippen LogP contribution in [0, 0.1) is 17.8 Å². The van der Waals surface area contributed by atoms with E-state index in [-0.39, 0.29) is 31.1 Å². The number of nitrogens with zero attached hydrogens (tertiary/aromatic N) is 1. The fourth-order valence-corrected chi connectivity index (χ4v) is 5.82. The van der Waals surface area contributed by atoms with Crippen LogP contribution in [0.5, 0.6) is 11.5 Å². The zero-order valence-corrected chi connectivity index (χ0v) is 24.0. The molecule has 4 N–H and O–H groups in total. The molecule has 8 atom stereocenters. The Balaban J connectivity index is 1.60. The number of hydrogen-bond donors (Lipinski definition) is 4. The van der Waals surface area contributed by atoms with Crippen LogP contribution in [0.2, 0.25) is 0 Å². The molecule has 0 bridgehead atoms. The Morgan fingerprint density at radius 1 is 1.13 bits per heavy atom. The average Bonchev–Trinajstić information content (AvgIpc) is 3.22. The highest BCUT2D eigenvalue weighted by Gasteiger charge is 2.49. The molecule has 218 valence electrons. The number of benzene rings is 1. The van der Waals surface area contributed by atoms with E-state index in [1.807, 2.05) is 13.0 Å². The number of hydrogen-bond acceptors (Lipinski definition) is 8. The van der Waals surface area contributed by atoms with Crippen molar-refractivity contribution in [2.45, 2.75) is 116 Å². The fraction of sp³-hybridized carbons (Fsp3) is 0.800. The van der Waals surface area contributed by atoms with Gasteiger partial charge < -0.3 is 34.6 Å². The van der Waals surface area contributed by atoms with Crippen molar-refractivity contribution in [1.29, 1.82) is 0 Å². The van der Waals surface area contributed by atoms with Crippen LogP contribution in [0.3, 0.4) is 0 Å². The first-order valence-corrected chi connectivity index (χ1v) is 14.6. The molecule has 0 spiro atoms. The third-order valence-corrected chi connectivity index (χ3v) is 8.35. The monoisotopic (exact) mass is 537 g/mol. The molecule has 8 nitrogen and oxygen atoms in total. The van der Waals surface area contributed by atoms with Gasteiger partial charge in [0, 0.05) is 17.9 Å². The highest BCUT2D eigenvalue weighted by molar-refractivity contribution is 5.41. The molecule has 2 aliphatic heterocycles. The molecule has 0 aliphatic carbocycles. The number of aliphatic hydroxyl groups is 3. The highest BCUT2D eigenvalue weighted by Crippen LogP contribution is 2.36. The van der Waals surface area contributed by atoms with E-state index in [9.17, 15) is 20.4 Å². The molecule has 6 unspecified atom stereocenters. The Kier molecular flexibility index (Phi) is 12.1. The predicted octanol–water partition coefficient (Wildman–Crippen LogP) is 4.07. The zero-order chi connectivity index (χ0) is 27.8. The first kappa shape index (κ1) is 31.1. The summed E-state index contributed by atoms with van der Waals surface area (Å²) in [6.07, 6.45) is 4.47. The lowest BCUT2D eigenvalue weighted by Crippen LogP contribution is -2.60. The molecule has 2 saturated heterocycles. The van der Waals surface area contributed by atoms with Crippen molar-refractivity contribution in [1.82, 2.24) is 4.90 Å². The summed E-state index contributed by atoms with van der Waals surface area (Å²) in [4.78, 5) is 2.23. The smallest absolute Gasteiger partial charge is 0.160 e. The third-order valence-electron chi connectivity index (χ3n) is 8.35. The number of ether oxygens (including phenoxy) is 3. The molecule has 0 radical (unpaired) electrons. The number of aliphatic hydroxyl groups excluding tert-OH is 3. The van der Waals surface area contributed by atoms with Gasteiger partial charge in [0.25, 0.3) is 0 Å². The second kappa shape index (κ2) is 14.8. The van der Waals surface area contributed by atoms with Gasteiger partial charge in [-0.2, -0.15) is 0 Å². The number of unbranched alkanes of at least 4 members (excludes halogenated alkanes) is 2. The lowest BCUT2D eigenvalue weighted by Gasteiger charge is -2.45. The lowest BCUT2D eigenvalue weighted by molar-refractivity contribution is -0.300. The Bertz CT molecular complexity index is 837. The van der Waals surface area contributed by atoms with Crippen LogP contribution in [0.25, 0.3) is 0 Å². The van der Waals surface area contributed by atoms with Gasteiger partial charge in [0.05, 0.1) is 19.3 Å². The molecular weight excluding hydrogens is 486 g/mol. The highest BCUT2D eigenvalue weighted by atomic mass is 16.6. The standard InChI is InChI=1S/C30H51NO7/c1-6-7-8-9-22-13-15-26(31(22)5)38-29-25(17-32)37-30(35)27(28(29)34)20(4)18-36-24-14-12-21(16-23(24)33)11-10-19(2)3/h12,14,16,19-20,22,25-30,32-35H,6-11,13,15,17-18H2,1-5H3/t20?,22?,25?,26?,27?,28?,29-,30-/m1/s1. The van der Waals surface area contributed by atoms with Gasteiger partial charge in [-0.25, -0.2) is 0 Å². The van der Waals surface area contributed by atoms with Gasteiger partial charge in [-0.05, 0) is 62.8 Å². The fourth-order valence-electron chi connectivity index (χ4n) is 5.82. The Labute approximate surface area is 228 Å². The normalized spacial score (nSPS) is 31.1. The molecule has 1 aromatic carbocycles. The minimum Gasteiger partial charge on any atom is -0.504 e. The van der Waals surface area contributed by atoms with E-state index in [1.54, 1.807) is 12.1 Å². The SMILES string of the molecule is CCCCCC1CCC(O[C@@H]2C(CO)O[C@@H](O)C(C(C)COc3ccc(CCC(C)C)cc3O)C2O)N1C. The number of phenolic OH excluding ortho intramolecular Hbond substituents is 1. The van der Waals surface area contributed by atoms with E-state index in [4.69, 9.17) is 14.2 Å². The van der Waals surface area contributed by atoms with E-state index in [0.29, 0.717) is 17.7 Å². The maximum absolute atomic E-state index is 11.3. The maximum Gasteiger partial charge on any atom is 0.160 e. The summed E-state index contributed by atoms with van der Waals surface area (Å²) < 4.78 is 18.0. The Morgan fingerprint density at radius 2 is 1.89 bits per heavy atom. The van der Waals surface area contributed by atoms with Crippen LogP contribution >= 0.6 is 0 Å². The molecule has 0 aromatic heterocycles. The van der Waals surface area contributed by atoms with Crippen molar-refractivity contribution >= 4 is 0 Å². The van der Waals surface area contributed by atoms with Crippen molar-refractivity contribution in [3.05, 3.63) is 23.8 Å². The zero-order valence-electron chi connectivity index (χ0n) is 24.0. The van der Waals surface area contributed by atoms with Crippen molar-refractivity contribution in [3.8, 4) is 11.5 Å². The van der Waals surface area contributed by atoms with Crippen molar-refractivity contribution < 1.29 is 34.6 Å². The topological polar surface area (TPSA) is 112 Å². The number of likely N-dealkylation sites (tertiary alicyclic amines) is 1. The molecule has 38 heavy (non-hydrogen) atoms. The molecule has 2 fully saturated rings. The van der Waals surface area contributed by atoms with E-state index >= 15 is 0 Å². The largest absolute Gasteiger partial charge is 0.504 e. The van der Waals surface area contributed by atoms with Crippen LogP contribution in [0.4, 0.5) is 0 Å². The summed E-state index contributed by atoms with van der Waals surface area (Å²) in [5, 5.41) is 42.5. The van der Waals surface area contributed by atoms with Crippen LogP contribution in [0.1, 0.15) is 78.2 Å². The number of aromatic hydroxyl groups is 1. The summed E-state index contributed by atoms with van der Waals surface area (Å²) >= 11 is 0. The van der Waals surface area contributed by atoms with Gasteiger partial charge in [0.2, 0.25) is 0 Å². The molecule has 3 rings (SSSR count). The summed E-state index contributed by atoms with van der Waals surface area (Å²) in [6, 6.07) is 5.90. The number of phenols is 1. The molecular formula is C30H51NO7. The first-order chi connectivity index (χ1) is 18.2. The van der Waals surface area contributed by atoms with Crippen molar-refractivity contribution in [2.24, 2.45) is 17.8 Å². The van der Waals surface area contributed by atoms with Gasteiger partial charge in [-0.3, -0.25) is 4.90 Å². The lowest BCUT2D eigenvalue weighted by atomic mass is 9.82. The van der Waals surface area contributed by atoms with Crippen LogP contribution in [-0.4, -0.2) is 82.5 Å². The minimum absolute atomic E-state index is 0.0822. The van der Waals surface area contributed by atoms with Crippen LogP contribution in [-0.2, 0) is 15.9 Å². The summed E-state index contributed by atoms with van der Waals surface area (Å²) in [5.74, 6) is 0.0486. The quantitative estimate of drug-likeness (QED) is 0.263. The minimum atomic E-state index is -1.27. The summed E-state index contributed by atoms with van der Waals surface area (Å²) in [7, 11) is 2.06.